The van der Waals surface area contributed by atoms with E-state index in [4.69, 9.17) is 4.74 Å². The molecule has 1 saturated heterocycles. The lowest BCUT2D eigenvalue weighted by Crippen LogP contribution is -2.46. The Labute approximate surface area is 139 Å². The number of hydrogen-bond acceptors (Lipinski definition) is 3. The van der Waals surface area contributed by atoms with Gasteiger partial charge >= 0.3 is 6.09 Å². The van der Waals surface area contributed by atoms with Gasteiger partial charge in [0.15, 0.2) is 0 Å². The van der Waals surface area contributed by atoms with Crippen molar-refractivity contribution in [1.29, 1.82) is 0 Å². The highest BCUT2D eigenvalue weighted by molar-refractivity contribution is 5.98. The smallest absolute Gasteiger partial charge is 0.409 e. The van der Waals surface area contributed by atoms with Crippen molar-refractivity contribution in [3.63, 3.8) is 0 Å². The van der Waals surface area contributed by atoms with E-state index >= 15 is 0 Å². The molecule has 128 valence electrons. The molecule has 0 bridgehead atoms. The molecule has 7 heteroatoms. The third kappa shape index (κ3) is 3.50. The summed E-state index contributed by atoms with van der Waals surface area (Å²) in [6, 6.07) is 6.00. The first-order chi connectivity index (χ1) is 11.6. The van der Waals surface area contributed by atoms with Crippen LogP contribution in [0.25, 0.3) is 10.9 Å². The number of hydrogen-bond donors (Lipinski definition) is 2. The van der Waals surface area contributed by atoms with Crippen molar-refractivity contribution in [3.8, 4) is 0 Å². The van der Waals surface area contributed by atoms with Crippen LogP contribution in [0.1, 0.15) is 30.3 Å². The maximum atomic E-state index is 13.2. The van der Waals surface area contributed by atoms with Gasteiger partial charge in [-0.1, -0.05) is 0 Å². The Bertz CT molecular complexity index is 751. The van der Waals surface area contributed by atoms with Crippen molar-refractivity contribution in [2.24, 2.45) is 0 Å². The highest BCUT2D eigenvalue weighted by Gasteiger charge is 2.25. The highest BCUT2D eigenvalue weighted by Crippen LogP contribution is 2.17. The van der Waals surface area contributed by atoms with Crippen LogP contribution in [0.4, 0.5) is 9.18 Å². The van der Waals surface area contributed by atoms with Crippen molar-refractivity contribution in [2.45, 2.75) is 25.8 Å². The van der Waals surface area contributed by atoms with Crippen molar-refractivity contribution in [2.75, 3.05) is 19.7 Å². The Hall–Kier alpha value is -2.57. The highest BCUT2D eigenvalue weighted by atomic mass is 19.1. The Morgan fingerprint density at radius 2 is 2.08 bits per heavy atom. The van der Waals surface area contributed by atoms with E-state index in [1.165, 1.54) is 12.1 Å². The summed E-state index contributed by atoms with van der Waals surface area (Å²) < 4.78 is 18.2. The fourth-order valence-corrected chi connectivity index (χ4v) is 2.91. The first-order valence-electron chi connectivity index (χ1n) is 8.07. The van der Waals surface area contributed by atoms with Crippen LogP contribution in [0.2, 0.25) is 0 Å². The normalized spacial score (nSPS) is 15.5. The number of nitrogens with zero attached hydrogens (tertiary/aromatic N) is 1. The minimum absolute atomic E-state index is 0.00586. The van der Waals surface area contributed by atoms with Crippen LogP contribution in [-0.2, 0) is 4.74 Å². The number of ether oxygens (including phenoxy) is 1. The molecule has 1 aliphatic heterocycles. The van der Waals surface area contributed by atoms with Crippen LogP contribution in [0.15, 0.2) is 24.3 Å². The van der Waals surface area contributed by atoms with Crippen LogP contribution in [-0.4, -0.2) is 47.6 Å². The summed E-state index contributed by atoms with van der Waals surface area (Å²) in [5.41, 5.74) is 1.13. The second-order valence-electron chi connectivity index (χ2n) is 5.85. The summed E-state index contributed by atoms with van der Waals surface area (Å²) in [5.74, 6) is -0.555. The zero-order valence-corrected chi connectivity index (χ0v) is 13.5. The summed E-state index contributed by atoms with van der Waals surface area (Å²) in [7, 11) is 0. The van der Waals surface area contributed by atoms with Gasteiger partial charge in [0.05, 0.1) is 6.61 Å². The topological polar surface area (TPSA) is 74.4 Å². The number of aromatic amines is 1. The SMILES string of the molecule is CCOC(=O)N1CCC(NC(=O)c2cc3cc(F)ccc3[nH]2)CC1. The van der Waals surface area contributed by atoms with Crippen molar-refractivity contribution >= 4 is 22.9 Å². The van der Waals surface area contributed by atoms with E-state index in [0.29, 0.717) is 43.6 Å². The number of benzene rings is 1. The maximum absolute atomic E-state index is 13.2. The summed E-state index contributed by atoms with van der Waals surface area (Å²) in [5, 5.41) is 3.62. The molecule has 2 amide bonds. The van der Waals surface area contributed by atoms with Gasteiger partial charge in [-0.3, -0.25) is 4.79 Å². The number of carbonyl (C=O) groups excluding carboxylic acids is 2. The lowest BCUT2D eigenvalue weighted by Gasteiger charge is -2.31. The Morgan fingerprint density at radius 1 is 1.33 bits per heavy atom. The molecule has 0 saturated carbocycles. The molecule has 0 aliphatic carbocycles. The standard InChI is InChI=1S/C17H20FN3O3/c1-2-24-17(23)21-7-5-13(6-8-21)19-16(22)15-10-11-9-12(18)3-4-14(11)20-15/h3-4,9-10,13,20H,2,5-8H2,1H3,(H,19,22). The van der Waals surface area contributed by atoms with Gasteiger partial charge in [-0.2, -0.15) is 0 Å². The zero-order valence-electron chi connectivity index (χ0n) is 13.5. The van der Waals surface area contributed by atoms with E-state index < -0.39 is 0 Å². The van der Waals surface area contributed by atoms with Gasteiger partial charge in [-0.25, -0.2) is 9.18 Å². The number of halogens is 1. The molecule has 6 nitrogen and oxygen atoms in total. The molecule has 2 aromatic rings. The van der Waals surface area contributed by atoms with Gasteiger partial charge in [0, 0.05) is 30.0 Å². The van der Waals surface area contributed by atoms with Crippen LogP contribution in [0.3, 0.4) is 0 Å². The molecule has 0 unspecified atom stereocenters. The quantitative estimate of drug-likeness (QED) is 0.907. The fourth-order valence-electron chi connectivity index (χ4n) is 2.91. The van der Waals surface area contributed by atoms with E-state index in [2.05, 4.69) is 10.3 Å². The minimum Gasteiger partial charge on any atom is -0.450 e. The van der Waals surface area contributed by atoms with Crippen molar-refractivity contribution in [1.82, 2.24) is 15.2 Å². The summed E-state index contributed by atoms with van der Waals surface area (Å²) in [6.07, 6.45) is 1.05. The van der Waals surface area contributed by atoms with Gasteiger partial charge in [-0.05, 0) is 44.0 Å². The van der Waals surface area contributed by atoms with Crippen LogP contribution < -0.4 is 5.32 Å². The monoisotopic (exact) mass is 333 g/mol. The van der Waals surface area contributed by atoms with Gasteiger partial charge in [0.25, 0.3) is 5.91 Å². The number of fused-ring (bicyclic) bond motifs is 1. The minimum atomic E-state index is -0.334. The molecule has 2 N–H and O–H groups in total. The average molecular weight is 333 g/mol. The Balaban J connectivity index is 1.58. The molecular formula is C17H20FN3O3. The lowest BCUT2D eigenvalue weighted by atomic mass is 10.1. The summed E-state index contributed by atoms with van der Waals surface area (Å²) >= 11 is 0. The molecule has 1 aliphatic rings. The molecule has 1 aromatic heterocycles. The van der Waals surface area contributed by atoms with Gasteiger partial charge in [0.1, 0.15) is 11.5 Å². The largest absolute Gasteiger partial charge is 0.450 e. The maximum Gasteiger partial charge on any atom is 0.409 e. The first kappa shape index (κ1) is 16.3. The molecule has 24 heavy (non-hydrogen) atoms. The third-order valence-electron chi connectivity index (χ3n) is 4.18. The fraction of sp³-hybridized carbons (Fsp3) is 0.412. The van der Waals surface area contributed by atoms with E-state index in [-0.39, 0.29) is 23.9 Å². The molecule has 1 aromatic carbocycles. The number of aromatic nitrogens is 1. The first-order valence-corrected chi connectivity index (χ1v) is 8.07. The predicted octanol–water partition coefficient (Wildman–Crippen LogP) is 2.66. The summed E-state index contributed by atoms with van der Waals surface area (Å²) in [4.78, 5) is 28.6. The lowest BCUT2D eigenvalue weighted by molar-refractivity contribution is 0.0857. The van der Waals surface area contributed by atoms with E-state index in [1.54, 1.807) is 24.0 Å². The van der Waals surface area contributed by atoms with E-state index in [0.717, 1.165) is 5.52 Å². The van der Waals surface area contributed by atoms with Crippen LogP contribution in [0.5, 0.6) is 0 Å². The number of nitrogens with one attached hydrogen (secondary N) is 2. The Morgan fingerprint density at radius 3 is 2.79 bits per heavy atom. The molecule has 3 rings (SSSR count). The van der Waals surface area contributed by atoms with E-state index in [9.17, 15) is 14.0 Å². The number of amides is 2. The molecule has 0 radical (unpaired) electrons. The average Bonchev–Trinajstić information content (AvgIpc) is 2.99. The molecule has 0 atom stereocenters. The van der Waals surface area contributed by atoms with Gasteiger partial charge in [-0.15, -0.1) is 0 Å². The van der Waals surface area contributed by atoms with Crippen LogP contribution in [0, 0.1) is 5.82 Å². The number of carbonyl (C=O) groups is 2. The Kier molecular flexibility index (Phi) is 4.69. The van der Waals surface area contributed by atoms with Crippen LogP contribution >= 0.6 is 0 Å². The molecule has 1 fully saturated rings. The molecular weight excluding hydrogens is 313 g/mol. The zero-order chi connectivity index (χ0) is 17.1. The second-order valence-corrected chi connectivity index (χ2v) is 5.85. The predicted molar refractivity (Wildman–Crippen MR) is 87.3 cm³/mol. The number of likely N-dealkylation sites (tertiary alicyclic amines) is 1. The number of rotatable bonds is 3. The summed E-state index contributed by atoms with van der Waals surface area (Å²) in [6.45, 7) is 3.25. The van der Waals surface area contributed by atoms with Gasteiger partial charge < -0.3 is 19.9 Å². The second kappa shape index (κ2) is 6.90. The number of piperidine rings is 1. The van der Waals surface area contributed by atoms with Crippen molar-refractivity contribution in [3.05, 3.63) is 35.8 Å². The number of H-pyrrole nitrogens is 1. The molecule has 2 heterocycles. The van der Waals surface area contributed by atoms with Crippen molar-refractivity contribution < 1.29 is 18.7 Å². The third-order valence-corrected chi connectivity index (χ3v) is 4.18. The van der Waals surface area contributed by atoms with Gasteiger partial charge in [0.2, 0.25) is 0 Å². The molecule has 0 spiro atoms. The van der Waals surface area contributed by atoms with E-state index in [1.807, 2.05) is 0 Å².